The van der Waals surface area contributed by atoms with Crippen LogP contribution in [0.2, 0.25) is 0 Å². The molecule has 6 nitrogen and oxygen atoms in total. The van der Waals surface area contributed by atoms with E-state index in [1.54, 1.807) is 0 Å². The Hall–Kier alpha value is -1.63. The molecule has 3 rings (SSSR count). The number of anilines is 1. The maximum Gasteiger partial charge on any atom is 0.238 e. The summed E-state index contributed by atoms with van der Waals surface area (Å²) in [5, 5.41) is 9.46. The maximum absolute atomic E-state index is 12.6. The highest BCUT2D eigenvalue weighted by Crippen LogP contribution is 2.21. The number of carbonyl (C=O) groups is 2. The van der Waals surface area contributed by atoms with Crippen molar-refractivity contribution in [2.24, 2.45) is 5.92 Å². The molecule has 3 N–H and O–H groups in total. The molecule has 2 fully saturated rings. The van der Waals surface area contributed by atoms with Gasteiger partial charge in [0.25, 0.3) is 0 Å². The highest BCUT2D eigenvalue weighted by Gasteiger charge is 2.25. The van der Waals surface area contributed by atoms with Gasteiger partial charge in [0.05, 0.1) is 12.6 Å². The Balaban J connectivity index is 0.00000300. The number of piperidine rings is 1. The number of amides is 2. The lowest BCUT2D eigenvalue weighted by Crippen LogP contribution is -2.46. The molecular weight excluding hydrogens is 388 g/mol. The van der Waals surface area contributed by atoms with Crippen LogP contribution in [0.15, 0.2) is 18.2 Å². The van der Waals surface area contributed by atoms with Gasteiger partial charge in [-0.05, 0) is 69.2 Å². The van der Waals surface area contributed by atoms with Crippen molar-refractivity contribution in [3.05, 3.63) is 29.3 Å². The molecule has 2 amide bonds. The molecule has 2 heterocycles. The standard InChI is InChI=1S/C22H34N4O2.ClH/c1-3-18-9-4-7-16(2)21(18)25-20(27)15-26-12-6-8-17(14-26)13-24-22(28)19-10-5-11-23-19;/h4,7,9,17,19,23H,3,5-6,8,10-15H2,1-2H3,(H,24,28)(H,25,27);1H. The number of nitrogens with one attached hydrogen (secondary N) is 3. The summed E-state index contributed by atoms with van der Waals surface area (Å²) in [6.07, 6.45) is 5.08. The van der Waals surface area contributed by atoms with Gasteiger partial charge in [-0.2, -0.15) is 0 Å². The van der Waals surface area contributed by atoms with Crippen LogP contribution in [0.1, 0.15) is 43.7 Å². The summed E-state index contributed by atoms with van der Waals surface area (Å²) in [6.45, 7) is 7.99. The minimum Gasteiger partial charge on any atom is -0.354 e. The van der Waals surface area contributed by atoms with Crippen molar-refractivity contribution in [3.63, 3.8) is 0 Å². The molecule has 0 bridgehead atoms. The van der Waals surface area contributed by atoms with Gasteiger partial charge in [0.1, 0.15) is 0 Å². The van der Waals surface area contributed by atoms with Crippen LogP contribution in [0.3, 0.4) is 0 Å². The number of halogens is 1. The normalized spacial score (nSPS) is 22.0. The summed E-state index contributed by atoms with van der Waals surface area (Å²) in [6, 6.07) is 6.12. The molecule has 7 heteroatoms. The molecule has 0 radical (unpaired) electrons. The molecule has 0 aromatic heterocycles. The monoisotopic (exact) mass is 422 g/mol. The van der Waals surface area contributed by atoms with Crippen LogP contribution in [0.4, 0.5) is 5.69 Å². The molecule has 2 unspecified atom stereocenters. The molecule has 0 saturated carbocycles. The van der Waals surface area contributed by atoms with Crippen LogP contribution in [0.5, 0.6) is 0 Å². The highest BCUT2D eigenvalue weighted by molar-refractivity contribution is 5.93. The number of hydrogen-bond acceptors (Lipinski definition) is 4. The number of nitrogens with zero attached hydrogens (tertiary/aromatic N) is 1. The molecule has 162 valence electrons. The molecule has 2 aliphatic heterocycles. The van der Waals surface area contributed by atoms with Crippen LogP contribution in [-0.4, -0.2) is 55.5 Å². The molecule has 1 aromatic rings. The SMILES string of the molecule is CCc1cccc(C)c1NC(=O)CN1CCCC(CNC(=O)C2CCCN2)C1.Cl. The Morgan fingerprint density at radius 2 is 2.07 bits per heavy atom. The summed E-state index contributed by atoms with van der Waals surface area (Å²) in [7, 11) is 0. The van der Waals surface area contributed by atoms with Crippen LogP contribution in [-0.2, 0) is 16.0 Å². The van der Waals surface area contributed by atoms with Crippen molar-refractivity contribution in [2.75, 3.05) is 38.0 Å². The van der Waals surface area contributed by atoms with E-state index in [4.69, 9.17) is 0 Å². The Morgan fingerprint density at radius 1 is 1.24 bits per heavy atom. The second-order valence-electron chi connectivity index (χ2n) is 8.15. The fraction of sp³-hybridized carbons (Fsp3) is 0.636. The van der Waals surface area contributed by atoms with Crippen molar-refractivity contribution in [3.8, 4) is 0 Å². The Kier molecular flexibility index (Phi) is 9.40. The third kappa shape index (κ3) is 6.69. The predicted molar refractivity (Wildman–Crippen MR) is 120 cm³/mol. The molecule has 0 spiro atoms. The zero-order valence-electron chi connectivity index (χ0n) is 17.6. The summed E-state index contributed by atoms with van der Waals surface area (Å²) in [5.74, 6) is 0.583. The fourth-order valence-corrected chi connectivity index (χ4v) is 4.32. The van der Waals surface area contributed by atoms with Gasteiger partial charge in [-0.15, -0.1) is 12.4 Å². The van der Waals surface area contributed by atoms with Crippen molar-refractivity contribution in [1.82, 2.24) is 15.5 Å². The fourth-order valence-electron chi connectivity index (χ4n) is 4.32. The Morgan fingerprint density at radius 3 is 2.79 bits per heavy atom. The van der Waals surface area contributed by atoms with E-state index in [1.807, 2.05) is 19.1 Å². The van der Waals surface area contributed by atoms with E-state index >= 15 is 0 Å². The van der Waals surface area contributed by atoms with Crippen molar-refractivity contribution in [1.29, 1.82) is 0 Å². The van der Waals surface area contributed by atoms with Gasteiger partial charge >= 0.3 is 0 Å². The van der Waals surface area contributed by atoms with Crippen LogP contribution in [0.25, 0.3) is 0 Å². The number of benzene rings is 1. The highest BCUT2D eigenvalue weighted by atomic mass is 35.5. The second kappa shape index (κ2) is 11.5. The minimum atomic E-state index is -0.0210. The van der Waals surface area contributed by atoms with E-state index < -0.39 is 0 Å². The van der Waals surface area contributed by atoms with Gasteiger partial charge in [0.2, 0.25) is 11.8 Å². The number of likely N-dealkylation sites (tertiary alicyclic amines) is 1. The number of rotatable bonds is 7. The smallest absolute Gasteiger partial charge is 0.238 e. The molecule has 0 aliphatic carbocycles. The first kappa shape index (κ1) is 23.6. The van der Waals surface area contributed by atoms with Crippen molar-refractivity contribution < 1.29 is 9.59 Å². The maximum atomic E-state index is 12.6. The Bertz CT molecular complexity index is 691. The Labute approximate surface area is 180 Å². The predicted octanol–water partition coefficient (Wildman–Crippen LogP) is 2.50. The second-order valence-corrected chi connectivity index (χ2v) is 8.15. The van der Waals surface area contributed by atoms with Gasteiger partial charge in [0, 0.05) is 18.8 Å². The molecule has 1 aromatic carbocycles. The summed E-state index contributed by atoms with van der Waals surface area (Å²) < 4.78 is 0. The first-order valence-electron chi connectivity index (χ1n) is 10.7. The third-order valence-electron chi connectivity index (χ3n) is 5.92. The zero-order valence-corrected chi connectivity index (χ0v) is 18.4. The number of aryl methyl sites for hydroxylation is 2. The van der Waals surface area contributed by atoms with Crippen molar-refractivity contribution in [2.45, 2.75) is 52.0 Å². The molecular formula is C22H35ClN4O2. The summed E-state index contributed by atoms with van der Waals surface area (Å²) >= 11 is 0. The van der Waals surface area contributed by atoms with E-state index in [2.05, 4.69) is 33.8 Å². The molecule has 2 atom stereocenters. The summed E-state index contributed by atoms with van der Waals surface area (Å²) in [4.78, 5) is 27.0. The van der Waals surface area contributed by atoms with E-state index in [1.165, 1.54) is 5.56 Å². The zero-order chi connectivity index (χ0) is 19.9. The largest absolute Gasteiger partial charge is 0.354 e. The third-order valence-corrected chi connectivity index (χ3v) is 5.92. The minimum absolute atomic E-state index is 0. The number of carbonyl (C=O) groups excluding carboxylic acids is 2. The van der Waals surface area contributed by atoms with Gasteiger partial charge in [-0.3, -0.25) is 14.5 Å². The van der Waals surface area contributed by atoms with Crippen LogP contribution < -0.4 is 16.0 Å². The van der Waals surface area contributed by atoms with E-state index in [0.717, 1.165) is 63.0 Å². The lowest BCUT2D eigenvalue weighted by Gasteiger charge is -2.32. The number of para-hydroxylation sites is 1. The van der Waals surface area contributed by atoms with Gasteiger partial charge < -0.3 is 16.0 Å². The lowest BCUT2D eigenvalue weighted by atomic mass is 9.97. The lowest BCUT2D eigenvalue weighted by molar-refractivity contribution is -0.123. The topological polar surface area (TPSA) is 73.5 Å². The quantitative estimate of drug-likeness (QED) is 0.631. The first-order valence-corrected chi connectivity index (χ1v) is 10.7. The van der Waals surface area contributed by atoms with E-state index in [9.17, 15) is 9.59 Å². The van der Waals surface area contributed by atoms with Crippen LogP contribution >= 0.6 is 12.4 Å². The first-order chi connectivity index (χ1) is 13.6. The average Bonchev–Trinajstić information content (AvgIpc) is 3.23. The van der Waals surface area contributed by atoms with Crippen molar-refractivity contribution >= 4 is 29.9 Å². The molecule has 29 heavy (non-hydrogen) atoms. The van der Waals surface area contributed by atoms with E-state index in [-0.39, 0.29) is 30.3 Å². The summed E-state index contributed by atoms with van der Waals surface area (Å²) in [5.41, 5.74) is 3.24. The van der Waals surface area contributed by atoms with Gasteiger partial charge in [0.15, 0.2) is 0 Å². The number of hydrogen-bond donors (Lipinski definition) is 3. The molecule has 2 aliphatic rings. The van der Waals surface area contributed by atoms with Crippen LogP contribution in [0, 0.1) is 12.8 Å². The van der Waals surface area contributed by atoms with Gasteiger partial charge in [-0.1, -0.05) is 25.1 Å². The molecule has 2 saturated heterocycles. The van der Waals surface area contributed by atoms with Gasteiger partial charge in [-0.25, -0.2) is 0 Å². The van der Waals surface area contributed by atoms with E-state index in [0.29, 0.717) is 19.0 Å². The average molecular weight is 423 g/mol.